The van der Waals surface area contributed by atoms with Crippen LogP contribution >= 0.6 is 11.6 Å². The summed E-state index contributed by atoms with van der Waals surface area (Å²) in [5.41, 5.74) is -2.29. The molecule has 0 radical (unpaired) electrons. The zero-order valence-electron chi connectivity index (χ0n) is 6.97. The summed E-state index contributed by atoms with van der Waals surface area (Å²) in [4.78, 5) is 13.4. The third-order valence-electron chi connectivity index (χ3n) is 1.77. The number of hydrogen-bond donors (Lipinski definition) is 1. The molecule has 0 amide bonds. The van der Waals surface area contributed by atoms with E-state index in [4.69, 9.17) is 11.6 Å². The van der Waals surface area contributed by atoms with Gasteiger partial charge in [-0.25, -0.2) is 4.52 Å². The van der Waals surface area contributed by atoms with Gasteiger partial charge in [-0.05, 0) is 0 Å². The number of H-pyrrole nitrogens is 1. The Morgan fingerprint density at radius 1 is 1.47 bits per heavy atom. The Balaban J connectivity index is 2.88. The quantitative estimate of drug-likeness (QED) is 0.758. The average molecular weight is 238 g/mol. The lowest BCUT2D eigenvalue weighted by Crippen LogP contribution is -2.08. The predicted molar refractivity (Wildman–Crippen MR) is 45.8 cm³/mol. The highest BCUT2D eigenvalue weighted by Crippen LogP contribution is 2.34. The van der Waals surface area contributed by atoms with Gasteiger partial charge in [0, 0.05) is 12.4 Å². The lowest BCUT2D eigenvalue weighted by atomic mass is 10.4. The first-order chi connectivity index (χ1) is 6.91. The van der Waals surface area contributed by atoms with Crippen molar-refractivity contribution in [3.8, 4) is 0 Å². The van der Waals surface area contributed by atoms with Gasteiger partial charge in [0.15, 0.2) is 11.2 Å². The van der Waals surface area contributed by atoms with Gasteiger partial charge >= 0.3 is 6.18 Å². The van der Waals surface area contributed by atoms with Gasteiger partial charge in [0.1, 0.15) is 5.02 Å². The molecule has 1 N–H and O–H groups in total. The number of nitrogens with one attached hydrogen (secondary N) is 1. The standard InChI is InChI=1S/C7H3ClF3N3O/c8-3-4-6(15)12-1-2-14(4)13-5(3)7(9,10)11/h1-2H,(H,12,15). The number of nitrogens with zero attached hydrogens (tertiary/aromatic N) is 2. The van der Waals surface area contributed by atoms with Gasteiger partial charge in [0.05, 0.1) is 0 Å². The van der Waals surface area contributed by atoms with Crippen LogP contribution in [0.2, 0.25) is 5.02 Å². The van der Waals surface area contributed by atoms with Crippen molar-refractivity contribution >= 4 is 17.1 Å². The molecule has 15 heavy (non-hydrogen) atoms. The first-order valence-electron chi connectivity index (χ1n) is 3.74. The van der Waals surface area contributed by atoms with Crippen molar-refractivity contribution in [2.45, 2.75) is 6.18 Å². The van der Waals surface area contributed by atoms with E-state index in [0.717, 1.165) is 4.52 Å². The maximum atomic E-state index is 12.3. The number of aromatic amines is 1. The van der Waals surface area contributed by atoms with Gasteiger partial charge < -0.3 is 4.98 Å². The molecule has 2 aromatic heterocycles. The molecule has 0 saturated heterocycles. The zero-order valence-corrected chi connectivity index (χ0v) is 7.73. The van der Waals surface area contributed by atoms with Crippen molar-refractivity contribution in [3.05, 3.63) is 33.5 Å². The summed E-state index contributed by atoms with van der Waals surface area (Å²) in [5.74, 6) is 0. The van der Waals surface area contributed by atoms with E-state index < -0.39 is 22.5 Å². The van der Waals surface area contributed by atoms with Gasteiger partial charge in [-0.2, -0.15) is 18.3 Å². The summed E-state index contributed by atoms with van der Waals surface area (Å²) < 4.78 is 37.8. The smallest absolute Gasteiger partial charge is 0.326 e. The number of alkyl halides is 3. The van der Waals surface area contributed by atoms with Crippen LogP contribution in [-0.4, -0.2) is 14.6 Å². The maximum absolute atomic E-state index is 12.3. The van der Waals surface area contributed by atoms with E-state index >= 15 is 0 Å². The predicted octanol–water partition coefficient (Wildman–Crippen LogP) is 1.69. The molecule has 0 aliphatic heterocycles. The molecule has 0 aliphatic carbocycles. The molecule has 4 nitrogen and oxygen atoms in total. The summed E-state index contributed by atoms with van der Waals surface area (Å²) in [6.45, 7) is 0. The highest BCUT2D eigenvalue weighted by Gasteiger charge is 2.38. The third-order valence-corrected chi connectivity index (χ3v) is 2.12. The van der Waals surface area contributed by atoms with Crippen LogP contribution in [-0.2, 0) is 6.18 Å². The summed E-state index contributed by atoms with van der Waals surface area (Å²) in [5, 5.41) is 2.49. The third kappa shape index (κ3) is 1.48. The lowest BCUT2D eigenvalue weighted by Gasteiger charge is -2.00. The fourth-order valence-electron chi connectivity index (χ4n) is 1.16. The molecule has 80 valence electrons. The van der Waals surface area contributed by atoms with Crippen molar-refractivity contribution in [1.82, 2.24) is 14.6 Å². The minimum Gasteiger partial charge on any atom is -0.326 e. The Labute approximate surface area is 85.3 Å². The molecule has 0 fully saturated rings. The Bertz CT molecular complexity index is 571. The number of fused-ring (bicyclic) bond motifs is 1. The van der Waals surface area contributed by atoms with E-state index in [-0.39, 0.29) is 5.52 Å². The second-order valence-corrected chi connectivity index (χ2v) is 3.12. The molecule has 0 spiro atoms. The normalized spacial score (nSPS) is 12.3. The highest BCUT2D eigenvalue weighted by atomic mass is 35.5. The van der Waals surface area contributed by atoms with Crippen LogP contribution in [0.4, 0.5) is 13.2 Å². The molecule has 0 aliphatic rings. The van der Waals surface area contributed by atoms with Gasteiger partial charge in [-0.3, -0.25) is 4.79 Å². The van der Waals surface area contributed by atoms with Crippen LogP contribution in [0.25, 0.3) is 5.52 Å². The monoisotopic (exact) mass is 237 g/mol. The molecular weight excluding hydrogens is 235 g/mol. The number of rotatable bonds is 0. The Morgan fingerprint density at radius 2 is 2.13 bits per heavy atom. The van der Waals surface area contributed by atoms with Crippen molar-refractivity contribution < 1.29 is 13.2 Å². The molecule has 0 aromatic carbocycles. The first kappa shape index (κ1) is 10.0. The van der Waals surface area contributed by atoms with E-state index in [1.165, 1.54) is 12.4 Å². The SMILES string of the molecule is O=c1[nH]ccn2nc(C(F)(F)F)c(Cl)c12. The largest absolute Gasteiger partial charge is 0.436 e. The second kappa shape index (κ2) is 2.99. The fourth-order valence-corrected chi connectivity index (χ4v) is 1.48. The molecule has 2 rings (SSSR count). The lowest BCUT2D eigenvalue weighted by molar-refractivity contribution is -0.141. The molecule has 2 heterocycles. The average Bonchev–Trinajstić information content (AvgIpc) is 2.44. The fraction of sp³-hybridized carbons (Fsp3) is 0.143. The second-order valence-electron chi connectivity index (χ2n) is 2.74. The van der Waals surface area contributed by atoms with Crippen LogP contribution < -0.4 is 5.56 Å². The molecular formula is C7H3ClF3N3O. The van der Waals surface area contributed by atoms with Gasteiger partial charge in [0.25, 0.3) is 5.56 Å². The van der Waals surface area contributed by atoms with E-state index in [9.17, 15) is 18.0 Å². The van der Waals surface area contributed by atoms with Crippen LogP contribution in [0.3, 0.4) is 0 Å². The highest BCUT2D eigenvalue weighted by molar-refractivity contribution is 6.34. The summed E-state index contributed by atoms with van der Waals surface area (Å²) in [7, 11) is 0. The van der Waals surface area contributed by atoms with Gasteiger partial charge in [-0.1, -0.05) is 11.6 Å². The van der Waals surface area contributed by atoms with E-state index in [1.807, 2.05) is 0 Å². The van der Waals surface area contributed by atoms with Crippen LogP contribution in [0.15, 0.2) is 17.2 Å². The van der Waals surface area contributed by atoms with Crippen molar-refractivity contribution in [3.63, 3.8) is 0 Å². The van der Waals surface area contributed by atoms with Crippen molar-refractivity contribution in [2.24, 2.45) is 0 Å². The molecule has 2 aromatic rings. The van der Waals surface area contributed by atoms with E-state index in [1.54, 1.807) is 0 Å². The van der Waals surface area contributed by atoms with Gasteiger partial charge in [-0.15, -0.1) is 0 Å². The Morgan fingerprint density at radius 3 is 2.67 bits per heavy atom. The number of aromatic nitrogens is 3. The van der Waals surface area contributed by atoms with Crippen LogP contribution in [0.5, 0.6) is 0 Å². The maximum Gasteiger partial charge on any atom is 0.436 e. The molecule has 0 atom stereocenters. The van der Waals surface area contributed by atoms with Crippen molar-refractivity contribution in [2.75, 3.05) is 0 Å². The van der Waals surface area contributed by atoms with E-state index in [0.29, 0.717) is 0 Å². The van der Waals surface area contributed by atoms with Crippen LogP contribution in [0.1, 0.15) is 5.69 Å². The summed E-state index contributed by atoms with van der Waals surface area (Å²) in [6.07, 6.45) is -2.31. The Hall–Kier alpha value is -1.50. The molecule has 8 heteroatoms. The Kier molecular flexibility index (Phi) is 2.00. The van der Waals surface area contributed by atoms with E-state index in [2.05, 4.69) is 10.1 Å². The van der Waals surface area contributed by atoms with Crippen molar-refractivity contribution in [1.29, 1.82) is 0 Å². The van der Waals surface area contributed by atoms with Crippen LogP contribution in [0, 0.1) is 0 Å². The topological polar surface area (TPSA) is 50.2 Å². The minimum atomic E-state index is -4.67. The summed E-state index contributed by atoms with van der Waals surface area (Å²) in [6, 6.07) is 0. The number of hydrogen-bond acceptors (Lipinski definition) is 2. The molecule has 0 unspecified atom stereocenters. The number of halogens is 4. The zero-order chi connectivity index (χ0) is 11.2. The first-order valence-corrected chi connectivity index (χ1v) is 4.12. The molecule has 0 saturated carbocycles. The molecule has 0 bridgehead atoms. The van der Waals surface area contributed by atoms with Gasteiger partial charge in [0.2, 0.25) is 0 Å². The minimum absolute atomic E-state index is 0.313. The summed E-state index contributed by atoms with van der Waals surface area (Å²) >= 11 is 5.42.